The third-order valence-corrected chi connectivity index (χ3v) is 3.47. The maximum absolute atomic E-state index is 11.1. The molecule has 0 aromatic heterocycles. The number of hydrogen-bond acceptors (Lipinski definition) is 4. The Hall–Kier alpha value is -0.640. The van der Waals surface area contributed by atoms with E-state index in [4.69, 9.17) is 10.00 Å². The standard InChI is InChI=1S/C9H16N2O3S/c10-5-8-15(12,13)11-6-4-9-3-1-2-7-14-9/h9,11H,1-4,6-8H2. The van der Waals surface area contributed by atoms with Crippen molar-refractivity contribution < 1.29 is 13.2 Å². The van der Waals surface area contributed by atoms with Gasteiger partial charge >= 0.3 is 0 Å². The number of nitrogens with one attached hydrogen (secondary N) is 1. The van der Waals surface area contributed by atoms with Gasteiger partial charge in [0, 0.05) is 13.2 Å². The quantitative estimate of drug-likeness (QED) is 0.743. The first-order valence-electron chi connectivity index (χ1n) is 5.10. The van der Waals surface area contributed by atoms with E-state index in [9.17, 15) is 8.42 Å². The molecule has 0 aromatic carbocycles. The molecule has 1 aliphatic heterocycles. The zero-order chi connectivity index (χ0) is 11.1. The first kappa shape index (κ1) is 12.4. The highest BCUT2D eigenvalue weighted by Gasteiger charge is 2.15. The molecule has 1 fully saturated rings. The Labute approximate surface area is 90.5 Å². The molecule has 86 valence electrons. The summed E-state index contributed by atoms with van der Waals surface area (Å²) < 4.78 is 30.0. The highest BCUT2D eigenvalue weighted by molar-refractivity contribution is 7.89. The van der Waals surface area contributed by atoms with Crippen LogP contribution in [0.15, 0.2) is 0 Å². The Kier molecular flexibility index (Phi) is 5.02. The molecule has 1 atom stereocenters. The molecule has 0 aromatic rings. The van der Waals surface area contributed by atoms with Crippen LogP contribution in [0.3, 0.4) is 0 Å². The van der Waals surface area contributed by atoms with E-state index in [1.54, 1.807) is 6.07 Å². The summed E-state index contributed by atoms with van der Waals surface area (Å²) in [6.45, 7) is 1.13. The zero-order valence-corrected chi connectivity index (χ0v) is 9.42. The monoisotopic (exact) mass is 232 g/mol. The fraction of sp³-hybridized carbons (Fsp3) is 0.889. The maximum Gasteiger partial charge on any atom is 0.225 e. The summed E-state index contributed by atoms with van der Waals surface area (Å²) in [5.74, 6) is -0.474. The van der Waals surface area contributed by atoms with Gasteiger partial charge in [0.25, 0.3) is 0 Å². The molecule has 15 heavy (non-hydrogen) atoms. The van der Waals surface area contributed by atoms with Gasteiger partial charge in [-0.3, -0.25) is 0 Å². The lowest BCUT2D eigenvalue weighted by molar-refractivity contribution is 0.0123. The summed E-state index contributed by atoms with van der Waals surface area (Å²) in [5.41, 5.74) is 0. The number of nitrogens with zero attached hydrogens (tertiary/aromatic N) is 1. The normalized spacial score (nSPS) is 22.2. The van der Waals surface area contributed by atoms with Crippen LogP contribution in [0.1, 0.15) is 25.7 Å². The van der Waals surface area contributed by atoms with Crippen molar-refractivity contribution in [2.24, 2.45) is 0 Å². The Morgan fingerprint density at radius 1 is 1.47 bits per heavy atom. The Bertz CT molecular complexity index is 315. The van der Waals surface area contributed by atoms with Gasteiger partial charge in [-0.05, 0) is 25.7 Å². The van der Waals surface area contributed by atoms with Crippen molar-refractivity contribution in [1.82, 2.24) is 4.72 Å². The van der Waals surface area contributed by atoms with Crippen LogP contribution in [-0.4, -0.2) is 33.4 Å². The average molecular weight is 232 g/mol. The van der Waals surface area contributed by atoms with E-state index in [1.165, 1.54) is 0 Å². The summed E-state index contributed by atoms with van der Waals surface area (Å²) in [6.07, 6.45) is 4.10. The van der Waals surface area contributed by atoms with Crippen LogP contribution in [0.4, 0.5) is 0 Å². The van der Waals surface area contributed by atoms with Gasteiger partial charge in [-0.15, -0.1) is 0 Å². The zero-order valence-electron chi connectivity index (χ0n) is 8.61. The molecule has 0 radical (unpaired) electrons. The second-order valence-corrected chi connectivity index (χ2v) is 5.40. The van der Waals surface area contributed by atoms with Crippen molar-refractivity contribution in [2.75, 3.05) is 18.9 Å². The molecular weight excluding hydrogens is 216 g/mol. The third kappa shape index (κ3) is 5.11. The fourth-order valence-corrected chi connectivity index (χ4v) is 2.25. The van der Waals surface area contributed by atoms with Gasteiger partial charge in [-0.25, -0.2) is 13.1 Å². The van der Waals surface area contributed by atoms with E-state index in [-0.39, 0.29) is 6.10 Å². The topological polar surface area (TPSA) is 79.2 Å². The van der Waals surface area contributed by atoms with Crippen molar-refractivity contribution in [3.8, 4) is 6.07 Å². The summed E-state index contributed by atoms with van der Waals surface area (Å²) in [7, 11) is -3.40. The predicted octanol–water partition coefficient (Wildman–Crippen LogP) is 0.389. The molecule has 0 aliphatic carbocycles. The van der Waals surface area contributed by atoms with E-state index >= 15 is 0 Å². The van der Waals surface area contributed by atoms with Gasteiger partial charge in [0.05, 0.1) is 12.2 Å². The smallest absolute Gasteiger partial charge is 0.225 e. The number of hydrogen-bond donors (Lipinski definition) is 1. The Morgan fingerprint density at radius 3 is 2.87 bits per heavy atom. The average Bonchev–Trinajstić information content (AvgIpc) is 2.19. The SMILES string of the molecule is N#CCS(=O)(=O)NCCC1CCCCO1. The summed E-state index contributed by atoms with van der Waals surface area (Å²) in [6, 6.07) is 1.61. The van der Waals surface area contributed by atoms with Crippen molar-refractivity contribution in [2.45, 2.75) is 31.8 Å². The summed E-state index contributed by atoms with van der Waals surface area (Å²) in [5, 5.41) is 8.26. The second kappa shape index (κ2) is 6.05. The molecule has 1 saturated heterocycles. The van der Waals surface area contributed by atoms with E-state index in [0.717, 1.165) is 25.9 Å². The molecule has 1 N–H and O–H groups in total. The molecule has 1 unspecified atom stereocenters. The van der Waals surface area contributed by atoms with Gasteiger partial charge < -0.3 is 4.74 Å². The Morgan fingerprint density at radius 2 is 2.27 bits per heavy atom. The molecule has 0 bridgehead atoms. The Balaban J connectivity index is 2.18. The second-order valence-electron chi connectivity index (χ2n) is 3.59. The van der Waals surface area contributed by atoms with Crippen LogP contribution in [0.25, 0.3) is 0 Å². The predicted molar refractivity (Wildman–Crippen MR) is 55.6 cm³/mol. The van der Waals surface area contributed by atoms with E-state index in [1.807, 2.05) is 0 Å². The molecule has 1 heterocycles. The van der Waals surface area contributed by atoms with Crippen molar-refractivity contribution in [1.29, 1.82) is 5.26 Å². The van der Waals surface area contributed by atoms with Crippen molar-refractivity contribution in [3.05, 3.63) is 0 Å². The lowest BCUT2D eigenvalue weighted by Crippen LogP contribution is -2.30. The van der Waals surface area contributed by atoms with Crippen molar-refractivity contribution >= 4 is 10.0 Å². The summed E-state index contributed by atoms with van der Waals surface area (Å²) in [4.78, 5) is 0. The van der Waals surface area contributed by atoms with Crippen LogP contribution in [0, 0.1) is 11.3 Å². The molecule has 0 saturated carbocycles. The van der Waals surface area contributed by atoms with Crippen molar-refractivity contribution in [3.63, 3.8) is 0 Å². The number of ether oxygens (including phenoxy) is 1. The van der Waals surface area contributed by atoms with Crippen LogP contribution in [-0.2, 0) is 14.8 Å². The molecule has 1 aliphatic rings. The van der Waals surface area contributed by atoms with Gasteiger partial charge in [0.1, 0.15) is 0 Å². The van der Waals surface area contributed by atoms with Gasteiger partial charge in [-0.1, -0.05) is 0 Å². The van der Waals surface area contributed by atoms with E-state index < -0.39 is 15.8 Å². The van der Waals surface area contributed by atoms with Crippen LogP contribution in [0.2, 0.25) is 0 Å². The number of sulfonamides is 1. The highest BCUT2D eigenvalue weighted by Crippen LogP contribution is 2.14. The molecule has 6 heteroatoms. The third-order valence-electron chi connectivity index (χ3n) is 2.32. The minimum absolute atomic E-state index is 0.170. The number of nitriles is 1. The van der Waals surface area contributed by atoms with Crippen LogP contribution >= 0.6 is 0 Å². The minimum Gasteiger partial charge on any atom is -0.378 e. The van der Waals surface area contributed by atoms with Gasteiger partial charge in [0.15, 0.2) is 5.75 Å². The minimum atomic E-state index is -3.40. The molecule has 1 rings (SSSR count). The van der Waals surface area contributed by atoms with Gasteiger partial charge in [0.2, 0.25) is 10.0 Å². The molecular formula is C9H16N2O3S. The number of rotatable bonds is 5. The van der Waals surface area contributed by atoms with E-state index in [0.29, 0.717) is 13.0 Å². The lowest BCUT2D eigenvalue weighted by Gasteiger charge is -2.22. The molecule has 0 amide bonds. The maximum atomic E-state index is 11.1. The molecule has 5 nitrogen and oxygen atoms in total. The highest BCUT2D eigenvalue weighted by atomic mass is 32.2. The van der Waals surface area contributed by atoms with E-state index in [2.05, 4.69) is 4.72 Å². The van der Waals surface area contributed by atoms with Crippen LogP contribution in [0.5, 0.6) is 0 Å². The first-order chi connectivity index (χ1) is 7.14. The lowest BCUT2D eigenvalue weighted by atomic mass is 10.1. The van der Waals surface area contributed by atoms with Gasteiger partial charge in [-0.2, -0.15) is 5.26 Å². The fourth-order valence-electron chi connectivity index (χ4n) is 1.55. The first-order valence-corrected chi connectivity index (χ1v) is 6.75. The largest absolute Gasteiger partial charge is 0.378 e. The summed E-state index contributed by atoms with van der Waals surface area (Å²) >= 11 is 0. The molecule has 0 spiro atoms. The van der Waals surface area contributed by atoms with Crippen LogP contribution < -0.4 is 4.72 Å².